The molecule has 0 bridgehead atoms. The highest BCUT2D eigenvalue weighted by atomic mass is 127. The van der Waals surface area contributed by atoms with Crippen molar-refractivity contribution in [3.63, 3.8) is 0 Å². The Morgan fingerprint density at radius 2 is 1.60 bits per heavy atom. The predicted octanol–water partition coefficient (Wildman–Crippen LogP) is 7.76. The number of carbonyl (C=O) groups excluding carboxylic acids is 2. The van der Waals surface area contributed by atoms with E-state index < -0.39 is 11.9 Å². The monoisotopic (exact) mass is 753 g/mol. The fourth-order valence-corrected chi connectivity index (χ4v) is 7.72. The van der Waals surface area contributed by atoms with Gasteiger partial charge in [-0.2, -0.15) is 0 Å². The smallest absolute Gasteiger partial charge is 0.336 e. The SMILES string of the molecule is CCOC(=O)C1=C(C)NC2=C(C(=O)c3ccccc32)[C@H]1c1cc(I)c(OCc2cccc3ccccc23)c(I)c1. The third-order valence-electron chi connectivity index (χ3n) is 7.35. The van der Waals surface area contributed by atoms with Gasteiger partial charge >= 0.3 is 5.97 Å². The van der Waals surface area contributed by atoms with Crippen LogP contribution in [-0.4, -0.2) is 18.4 Å². The van der Waals surface area contributed by atoms with Crippen LogP contribution in [0, 0.1) is 7.14 Å². The van der Waals surface area contributed by atoms with E-state index in [1.54, 1.807) is 6.92 Å². The van der Waals surface area contributed by atoms with Crippen molar-refractivity contribution in [1.82, 2.24) is 5.32 Å². The Kier molecular flexibility index (Phi) is 7.43. The number of esters is 1. The lowest BCUT2D eigenvalue weighted by atomic mass is 9.80. The summed E-state index contributed by atoms with van der Waals surface area (Å²) in [6.07, 6.45) is 0. The summed E-state index contributed by atoms with van der Waals surface area (Å²) < 4.78 is 13.7. The van der Waals surface area contributed by atoms with Crippen LogP contribution >= 0.6 is 45.2 Å². The van der Waals surface area contributed by atoms with Crippen molar-refractivity contribution < 1.29 is 19.1 Å². The van der Waals surface area contributed by atoms with Crippen LogP contribution in [0.25, 0.3) is 16.5 Å². The minimum Gasteiger partial charge on any atom is -0.487 e. The number of rotatable bonds is 6. The molecule has 0 aromatic heterocycles. The van der Waals surface area contributed by atoms with Crippen LogP contribution < -0.4 is 10.1 Å². The number of ether oxygens (including phenoxy) is 2. The minimum absolute atomic E-state index is 0.0707. The molecule has 0 unspecified atom stereocenters. The topological polar surface area (TPSA) is 64.6 Å². The van der Waals surface area contributed by atoms with E-state index in [1.807, 2.05) is 61.5 Å². The fraction of sp³-hybridized carbons (Fsp3) is 0.152. The molecule has 0 radical (unpaired) electrons. The van der Waals surface area contributed by atoms with Gasteiger partial charge in [-0.25, -0.2) is 4.79 Å². The van der Waals surface area contributed by atoms with E-state index in [4.69, 9.17) is 9.47 Å². The van der Waals surface area contributed by atoms with Crippen molar-refractivity contribution in [3.05, 3.63) is 125 Å². The fourth-order valence-electron chi connectivity index (χ4n) is 5.59. The zero-order valence-corrected chi connectivity index (χ0v) is 26.2. The lowest BCUT2D eigenvalue weighted by Crippen LogP contribution is -2.29. The van der Waals surface area contributed by atoms with Crippen LogP contribution in [0.1, 0.15) is 46.8 Å². The molecule has 1 heterocycles. The standard InChI is InChI=1S/C33H25I2NO4/c1-3-39-33(38)27-18(2)36-30-23-13-6-7-14-24(23)31(37)29(30)28(27)21-15-25(34)32(26(35)16-21)40-17-20-11-8-10-19-9-4-5-12-22(19)20/h4-16,28,36H,3,17H2,1-2H3/t28-/m0/s1. The number of benzene rings is 4. The average Bonchev–Trinajstić information content (AvgIpc) is 3.23. The quantitative estimate of drug-likeness (QED) is 0.161. The van der Waals surface area contributed by atoms with E-state index in [-0.39, 0.29) is 12.4 Å². The van der Waals surface area contributed by atoms with Gasteiger partial charge in [-0.15, -0.1) is 0 Å². The van der Waals surface area contributed by atoms with Crippen LogP contribution in [0.2, 0.25) is 0 Å². The van der Waals surface area contributed by atoms with Crippen molar-refractivity contribution in [3.8, 4) is 5.75 Å². The van der Waals surface area contributed by atoms with E-state index in [0.717, 1.165) is 35.3 Å². The molecule has 1 aliphatic carbocycles. The van der Waals surface area contributed by atoms with Gasteiger partial charge in [0, 0.05) is 28.3 Å². The summed E-state index contributed by atoms with van der Waals surface area (Å²) in [6, 6.07) is 26.1. The molecule has 4 aromatic rings. The van der Waals surface area contributed by atoms with Crippen LogP contribution in [0.5, 0.6) is 5.75 Å². The molecule has 1 atom stereocenters. The lowest BCUT2D eigenvalue weighted by molar-refractivity contribution is -0.138. The first kappa shape index (κ1) is 27.0. The van der Waals surface area contributed by atoms with Crippen molar-refractivity contribution >= 4 is 73.4 Å². The number of halogens is 2. The number of Topliss-reactive ketones (excluding diaryl/α,β-unsaturated/α-hetero) is 1. The summed E-state index contributed by atoms with van der Waals surface area (Å²) in [4.78, 5) is 27.0. The molecule has 0 saturated heterocycles. The average molecular weight is 753 g/mol. The molecule has 40 heavy (non-hydrogen) atoms. The zero-order chi connectivity index (χ0) is 28.0. The zero-order valence-electron chi connectivity index (χ0n) is 21.9. The number of allylic oxidation sites excluding steroid dienone is 2. The molecule has 6 rings (SSSR count). The Morgan fingerprint density at radius 1 is 0.925 bits per heavy atom. The second-order valence-corrected chi connectivity index (χ2v) is 12.0. The van der Waals surface area contributed by atoms with E-state index in [0.29, 0.717) is 29.0 Å². The number of ketones is 1. The normalized spacial score (nSPS) is 16.1. The van der Waals surface area contributed by atoms with Crippen molar-refractivity contribution in [2.45, 2.75) is 26.4 Å². The molecule has 4 aromatic carbocycles. The molecule has 0 fully saturated rings. The molecule has 1 N–H and O–H groups in total. The molecule has 0 amide bonds. The second kappa shape index (κ2) is 11.0. The van der Waals surface area contributed by atoms with Gasteiger partial charge in [-0.05, 0) is 93.1 Å². The molecular formula is C33H25I2NO4. The van der Waals surface area contributed by atoms with E-state index in [1.165, 1.54) is 10.8 Å². The van der Waals surface area contributed by atoms with Gasteiger partial charge in [0.15, 0.2) is 5.78 Å². The summed E-state index contributed by atoms with van der Waals surface area (Å²) in [5.74, 6) is -0.280. The molecule has 200 valence electrons. The number of fused-ring (bicyclic) bond motifs is 3. The summed E-state index contributed by atoms with van der Waals surface area (Å²) in [7, 11) is 0. The van der Waals surface area contributed by atoms with Crippen molar-refractivity contribution in [1.29, 1.82) is 0 Å². The molecule has 1 aliphatic heterocycles. The highest BCUT2D eigenvalue weighted by Crippen LogP contribution is 2.48. The van der Waals surface area contributed by atoms with Gasteiger partial charge in [0.1, 0.15) is 12.4 Å². The van der Waals surface area contributed by atoms with Crippen LogP contribution in [0.15, 0.2) is 95.7 Å². The van der Waals surface area contributed by atoms with Crippen LogP contribution in [0.4, 0.5) is 0 Å². The number of hydrogen-bond donors (Lipinski definition) is 1. The first-order valence-electron chi connectivity index (χ1n) is 13.0. The van der Waals surface area contributed by atoms with E-state index in [9.17, 15) is 9.59 Å². The number of nitrogens with one attached hydrogen (secondary N) is 1. The number of dihydropyridines is 1. The first-order valence-corrected chi connectivity index (χ1v) is 15.2. The molecular weight excluding hydrogens is 728 g/mol. The van der Waals surface area contributed by atoms with Crippen LogP contribution in [0.3, 0.4) is 0 Å². The third kappa shape index (κ3) is 4.62. The Hall–Kier alpha value is -3.18. The highest BCUT2D eigenvalue weighted by Gasteiger charge is 2.43. The summed E-state index contributed by atoms with van der Waals surface area (Å²) in [5.41, 5.74) is 5.94. The maximum atomic E-state index is 13.7. The Labute approximate surface area is 259 Å². The van der Waals surface area contributed by atoms with Gasteiger partial charge in [0.05, 0.1) is 25.0 Å². The molecule has 5 nitrogen and oxygen atoms in total. The second-order valence-electron chi connectivity index (χ2n) is 9.72. The summed E-state index contributed by atoms with van der Waals surface area (Å²) in [5, 5.41) is 5.70. The summed E-state index contributed by atoms with van der Waals surface area (Å²) in [6.45, 7) is 4.33. The molecule has 0 spiro atoms. The van der Waals surface area contributed by atoms with Crippen molar-refractivity contribution in [2.24, 2.45) is 0 Å². The lowest BCUT2D eigenvalue weighted by Gasteiger charge is -2.29. The summed E-state index contributed by atoms with van der Waals surface area (Å²) >= 11 is 4.56. The molecule has 2 aliphatic rings. The Bertz CT molecular complexity index is 1740. The van der Waals surface area contributed by atoms with Gasteiger partial charge < -0.3 is 14.8 Å². The first-order chi connectivity index (χ1) is 19.4. The van der Waals surface area contributed by atoms with Crippen LogP contribution in [-0.2, 0) is 16.1 Å². The minimum atomic E-state index is -0.565. The highest BCUT2D eigenvalue weighted by molar-refractivity contribution is 14.1. The number of carbonyl (C=O) groups is 2. The maximum absolute atomic E-state index is 13.7. The Balaban J connectivity index is 1.41. The largest absolute Gasteiger partial charge is 0.487 e. The van der Waals surface area contributed by atoms with Gasteiger partial charge in [0.25, 0.3) is 0 Å². The Morgan fingerprint density at radius 3 is 2.35 bits per heavy atom. The van der Waals surface area contributed by atoms with Gasteiger partial charge in [0.2, 0.25) is 0 Å². The molecule has 7 heteroatoms. The van der Waals surface area contributed by atoms with Crippen molar-refractivity contribution in [2.75, 3.05) is 6.61 Å². The van der Waals surface area contributed by atoms with Gasteiger partial charge in [-0.1, -0.05) is 66.7 Å². The molecule has 0 saturated carbocycles. The number of hydrogen-bond acceptors (Lipinski definition) is 5. The third-order valence-corrected chi connectivity index (χ3v) is 8.95. The predicted molar refractivity (Wildman–Crippen MR) is 173 cm³/mol. The van der Waals surface area contributed by atoms with Gasteiger partial charge in [-0.3, -0.25) is 4.79 Å². The van der Waals surface area contributed by atoms with E-state index in [2.05, 4.69) is 74.8 Å². The maximum Gasteiger partial charge on any atom is 0.336 e. The van der Waals surface area contributed by atoms with E-state index >= 15 is 0 Å².